The average Bonchev–Trinajstić information content (AvgIpc) is 2.77. The molecule has 0 saturated heterocycles. The highest BCUT2D eigenvalue weighted by molar-refractivity contribution is 9.11. The van der Waals surface area contributed by atoms with Crippen LogP contribution in [-0.4, -0.2) is 8.42 Å². The summed E-state index contributed by atoms with van der Waals surface area (Å²) < 4.78 is 24.1. The maximum absolute atomic E-state index is 11.5. The number of anilines is 1. The Morgan fingerprint density at radius 3 is 2.55 bits per heavy atom. The highest BCUT2D eigenvalue weighted by atomic mass is 79.9. The summed E-state index contributed by atoms with van der Waals surface area (Å²) in [7, 11) is -3.70. The average molecular weight is 375 g/mol. The molecule has 3 N–H and O–H groups in total. The minimum atomic E-state index is -3.70. The molecule has 1 heterocycles. The molecule has 4 nitrogen and oxygen atoms in total. The molecule has 0 aliphatic carbocycles. The normalized spacial score (nSPS) is 13.2. The molecule has 7 heteroatoms. The van der Waals surface area contributed by atoms with Crippen molar-refractivity contribution in [1.82, 2.24) is 0 Å². The molecule has 1 aromatic carbocycles. The Bertz CT molecular complexity index is 726. The zero-order valence-corrected chi connectivity index (χ0v) is 14.3. The topological polar surface area (TPSA) is 72.2 Å². The number of nitrogens with one attached hydrogen (secondary N) is 1. The summed E-state index contributed by atoms with van der Waals surface area (Å²) in [5, 5.41) is 8.53. The summed E-state index contributed by atoms with van der Waals surface area (Å²) >= 11 is 5.07. The lowest BCUT2D eigenvalue weighted by molar-refractivity contribution is 0.597. The number of benzene rings is 1. The van der Waals surface area contributed by atoms with E-state index < -0.39 is 10.0 Å². The van der Waals surface area contributed by atoms with Crippen LogP contribution < -0.4 is 10.5 Å². The van der Waals surface area contributed by atoms with E-state index in [1.807, 2.05) is 25.1 Å². The predicted molar refractivity (Wildman–Crippen MR) is 86.6 cm³/mol. The molecular weight excluding hydrogens is 360 g/mol. The third kappa shape index (κ3) is 3.41. The summed E-state index contributed by atoms with van der Waals surface area (Å²) in [6, 6.07) is 9.16. The summed E-state index contributed by atoms with van der Waals surface area (Å²) in [5.74, 6) is 0. The second kappa shape index (κ2) is 5.85. The molecule has 0 saturated carbocycles. The zero-order chi connectivity index (χ0) is 14.9. The molecule has 1 atom stereocenters. The minimum Gasteiger partial charge on any atom is -0.377 e. The van der Waals surface area contributed by atoms with Gasteiger partial charge in [-0.25, -0.2) is 13.6 Å². The van der Waals surface area contributed by atoms with Gasteiger partial charge in [0.2, 0.25) is 10.0 Å². The lowest BCUT2D eigenvalue weighted by Gasteiger charge is -2.17. The van der Waals surface area contributed by atoms with Gasteiger partial charge in [-0.05, 0) is 59.6 Å². The Balaban J connectivity index is 2.31. The van der Waals surface area contributed by atoms with Crippen LogP contribution in [0.1, 0.15) is 23.4 Å². The van der Waals surface area contributed by atoms with Gasteiger partial charge in [-0.3, -0.25) is 0 Å². The van der Waals surface area contributed by atoms with E-state index >= 15 is 0 Å². The minimum absolute atomic E-state index is 0.0840. The first-order valence-electron chi connectivity index (χ1n) is 5.93. The maximum Gasteiger partial charge on any atom is 0.238 e. The number of rotatable bonds is 4. The second-order valence-corrected chi connectivity index (χ2v) is 8.51. The molecular formula is C13H15BrN2O2S2. The van der Waals surface area contributed by atoms with Crippen LogP contribution in [-0.2, 0) is 10.0 Å². The smallest absolute Gasteiger partial charge is 0.238 e. The molecule has 1 aromatic heterocycles. The zero-order valence-electron chi connectivity index (χ0n) is 11.1. The van der Waals surface area contributed by atoms with Crippen molar-refractivity contribution < 1.29 is 8.42 Å². The van der Waals surface area contributed by atoms with E-state index in [1.165, 1.54) is 6.07 Å². The molecule has 2 rings (SSSR count). The first-order valence-corrected chi connectivity index (χ1v) is 9.09. The monoisotopic (exact) mass is 374 g/mol. The second-order valence-electron chi connectivity index (χ2n) is 4.48. The fourth-order valence-corrected chi connectivity index (χ4v) is 4.18. The lowest BCUT2D eigenvalue weighted by Crippen LogP contribution is -2.15. The molecule has 0 amide bonds. The lowest BCUT2D eigenvalue weighted by atomic mass is 10.1. The Morgan fingerprint density at radius 2 is 2.00 bits per heavy atom. The molecule has 2 aromatic rings. The van der Waals surface area contributed by atoms with Crippen molar-refractivity contribution in [2.75, 3.05) is 5.32 Å². The van der Waals surface area contributed by atoms with Gasteiger partial charge in [-0.1, -0.05) is 6.07 Å². The van der Waals surface area contributed by atoms with E-state index in [0.717, 1.165) is 14.4 Å². The SMILES string of the molecule is Cc1c(NC(C)c2ccc(Br)s2)cccc1S(N)(=O)=O. The summed E-state index contributed by atoms with van der Waals surface area (Å²) in [4.78, 5) is 1.32. The first-order chi connectivity index (χ1) is 9.29. The largest absolute Gasteiger partial charge is 0.377 e. The predicted octanol–water partition coefficient (Wildman–Crippen LogP) is 3.64. The van der Waals surface area contributed by atoms with Crippen LogP contribution in [0.25, 0.3) is 0 Å². The molecule has 0 radical (unpaired) electrons. The maximum atomic E-state index is 11.5. The van der Waals surface area contributed by atoms with Gasteiger partial charge in [0.25, 0.3) is 0 Å². The molecule has 1 unspecified atom stereocenters. The van der Waals surface area contributed by atoms with Crippen molar-refractivity contribution in [1.29, 1.82) is 0 Å². The van der Waals surface area contributed by atoms with E-state index in [2.05, 4.69) is 21.2 Å². The van der Waals surface area contributed by atoms with Gasteiger partial charge >= 0.3 is 0 Å². The molecule has 0 spiro atoms. The summed E-state index contributed by atoms with van der Waals surface area (Å²) in [6.45, 7) is 3.78. The van der Waals surface area contributed by atoms with Crippen molar-refractivity contribution in [3.05, 3.63) is 44.6 Å². The van der Waals surface area contributed by atoms with Crippen molar-refractivity contribution in [2.45, 2.75) is 24.8 Å². The van der Waals surface area contributed by atoms with Crippen LogP contribution in [0.2, 0.25) is 0 Å². The quantitative estimate of drug-likeness (QED) is 0.857. The van der Waals surface area contributed by atoms with Gasteiger partial charge in [0.1, 0.15) is 0 Å². The molecule has 108 valence electrons. The third-order valence-electron chi connectivity index (χ3n) is 2.98. The van der Waals surface area contributed by atoms with Gasteiger partial charge < -0.3 is 5.32 Å². The first kappa shape index (κ1) is 15.5. The molecule has 0 aliphatic heterocycles. The fraction of sp³-hybridized carbons (Fsp3) is 0.231. The van der Waals surface area contributed by atoms with Crippen LogP contribution in [0.5, 0.6) is 0 Å². The number of thiophene rings is 1. The number of nitrogens with two attached hydrogens (primary N) is 1. The molecule has 20 heavy (non-hydrogen) atoms. The number of halogens is 1. The van der Waals surface area contributed by atoms with E-state index in [4.69, 9.17) is 5.14 Å². The summed E-state index contributed by atoms with van der Waals surface area (Å²) in [5.41, 5.74) is 1.41. The van der Waals surface area contributed by atoms with Gasteiger partial charge in [0.05, 0.1) is 14.7 Å². The molecule has 0 bridgehead atoms. The van der Waals surface area contributed by atoms with Crippen LogP contribution in [0.15, 0.2) is 39.0 Å². The van der Waals surface area contributed by atoms with E-state index in [0.29, 0.717) is 5.56 Å². The van der Waals surface area contributed by atoms with Crippen LogP contribution in [0.3, 0.4) is 0 Å². The van der Waals surface area contributed by atoms with E-state index in [1.54, 1.807) is 24.3 Å². The number of hydrogen-bond donors (Lipinski definition) is 2. The van der Waals surface area contributed by atoms with Crippen molar-refractivity contribution in [3.63, 3.8) is 0 Å². The Kier molecular flexibility index (Phi) is 4.53. The van der Waals surface area contributed by atoms with Gasteiger partial charge in [0, 0.05) is 10.6 Å². The van der Waals surface area contributed by atoms with Crippen molar-refractivity contribution >= 4 is 43.0 Å². The van der Waals surface area contributed by atoms with E-state index in [-0.39, 0.29) is 10.9 Å². The third-order valence-corrected chi connectivity index (χ3v) is 5.85. The van der Waals surface area contributed by atoms with Gasteiger partial charge in [0.15, 0.2) is 0 Å². The fourth-order valence-electron chi connectivity index (χ4n) is 1.94. The Labute approximate surface area is 131 Å². The highest BCUT2D eigenvalue weighted by Crippen LogP contribution is 2.31. The summed E-state index contributed by atoms with van der Waals surface area (Å²) in [6.07, 6.45) is 0. The number of primary sulfonamides is 1. The standard InChI is InChI=1S/C13H15BrN2O2S2/c1-8-10(4-3-5-12(8)20(15,17)18)16-9(2)11-6-7-13(14)19-11/h3-7,9,16H,1-2H3,(H2,15,17,18). The highest BCUT2D eigenvalue weighted by Gasteiger charge is 2.15. The Morgan fingerprint density at radius 1 is 1.30 bits per heavy atom. The van der Waals surface area contributed by atoms with Gasteiger partial charge in [-0.2, -0.15) is 0 Å². The molecule has 0 fully saturated rings. The number of sulfonamides is 1. The van der Waals surface area contributed by atoms with Crippen molar-refractivity contribution in [2.24, 2.45) is 5.14 Å². The van der Waals surface area contributed by atoms with E-state index in [9.17, 15) is 8.42 Å². The Hall–Kier alpha value is -0.890. The van der Waals surface area contributed by atoms with Gasteiger partial charge in [-0.15, -0.1) is 11.3 Å². The number of hydrogen-bond acceptors (Lipinski definition) is 4. The van der Waals surface area contributed by atoms with Crippen molar-refractivity contribution in [3.8, 4) is 0 Å². The van der Waals surface area contributed by atoms with Crippen LogP contribution in [0, 0.1) is 6.92 Å². The van der Waals surface area contributed by atoms with Crippen LogP contribution >= 0.6 is 27.3 Å². The molecule has 0 aliphatic rings. The van der Waals surface area contributed by atoms with Crippen LogP contribution in [0.4, 0.5) is 5.69 Å².